The Hall–Kier alpha value is -3.09. The van der Waals surface area contributed by atoms with Gasteiger partial charge in [-0.25, -0.2) is 0 Å². The molecule has 148 valence electrons. The first-order valence-electron chi connectivity index (χ1n) is 9.23. The Morgan fingerprint density at radius 2 is 2.04 bits per heavy atom. The Morgan fingerprint density at radius 3 is 2.71 bits per heavy atom. The van der Waals surface area contributed by atoms with Crippen molar-refractivity contribution in [2.24, 2.45) is 7.05 Å². The molecular formula is C21H26N4O3. The van der Waals surface area contributed by atoms with Gasteiger partial charge in [0.2, 0.25) is 0 Å². The SMILES string of the molecule is Cc1cccc(OCc2c(C(=O)NC(C)c3cnn(C)c3C)noc2C)c1C. The van der Waals surface area contributed by atoms with Gasteiger partial charge >= 0.3 is 0 Å². The Kier molecular flexibility index (Phi) is 5.53. The van der Waals surface area contributed by atoms with E-state index in [0.29, 0.717) is 11.3 Å². The number of hydrogen-bond acceptors (Lipinski definition) is 5. The van der Waals surface area contributed by atoms with Crippen molar-refractivity contribution < 1.29 is 14.1 Å². The summed E-state index contributed by atoms with van der Waals surface area (Å²) in [5.74, 6) is 1.05. The number of rotatable bonds is 6. The quantitative estimate of drug-likeness (QED) is 0.703. The van der Waals surface area contributed by atoms with Crippen LogP contribution in [0.2, 0.25) is 0 Å². The van der Waals surface area contributed by atoms with Gasteiger partial charge in [-0.3, -0.25) is 9.48 Å². The molecular weight excluding hydrogens is 356 g/mol. The maximum absolute atomic E-state index is 12.8. The third kappa shape index (κ3) is 3.78. The van der Waals surface area contributed by atoms with Gasteiger partial charge in [-0.2, -0.15) is 5.10 Å². The lowest BCUT2D eigenvalue weighted by atomic mass is 10.1. The Labute approximate surface area is 164 Å². The summed E-state index contributed by atoms with van der Waals surface area (Å²) in [4.78, 5) is 12.8. The lowest BCUT2D eigenvalue weighted by molar-refractivity contribution is 0.0928. The Bertz CT molecular complexity index is 1000. The number of hydrogen-bond donors (Lipinski definition) is 1. The van der Waals surface area contributed by atoms with Crippen LogP contribution in [0.5, 0.6) is 5.75 Å². The van der Waals surface area contributed by atoms with Crippen LogP contribution in [0.4, 0.5) is 0 Å². The number of aryl methyl sites for hydroxylation is 3. The van der Waals surface area contributed by atoms with Crippen LogP contribution in [0.1, 0.15) is 57.2 Å². The molecule has 7 nitrogen and oxygen atoms in total. The number of nitrogens with zero attached hydrogens (tertiary/aromatic N) is 3. The lowest BCUT2D eigenvalue weighted by Gasteiger charge is -2.14. The standard InChI is InChI=1S/C21H26N4O3/c1-12-8-7-9-19(13(12)2)27-11-18-16(5)28-24-20(18)21(26)23-14(3)17-10-22-25(6)15(17)4/h7-10,14H,11H2,1-6H3,(H,23,26). The van der Waals surface area contributed by atoms with Gasteiger partial charge in [0.15, 0.2) is 5.69 Å². The molecule has 0 aliphatic rings. The van der Waals surface area contributed by atoms with E-state index in [1.165, 1.54) is 0 Å². The second kappa shape index (κ2) is 7.88. The monoisotopic (exact) mass is 382 g/mol. The van der Waals surface area contributed by atoms with Crippen molar-refractivity contribution in [3.05, 3.63) is 63.8 Å². The topological polar surface area (TPSA) is 82.2 Å². The minimum Gasteiger partial charge on any atom is -0.488 e. The third-order valence-corrected chi connectivity index (χ3v) is 5.21. The van der Waals surface area contributed by atoms with Gasteiger partial charge in [0, 0.05) is 18.3 Å². The van der Waals surface area contributed by atoms with Crippen LogP contribution in [0.25, 0.3) is 0 Å². The predicted octanol–water partition coefficient (Wildman–Crippen LogP) is 3.71. The molecule has 0 radical (unpaired) electrons. The van der Waals surface area contributed by atoms with E-state index in [1.54, 1.807) is 17.8 Å². The number of carbonyl (C=O) groups is 1. The number of nitrogens with one attached hydrogen (secondary N) is 1. The maximum atomic E-state index is 12.8. The van der Waals surface area contributed by atoms with E-state index in [-0.39, 0.29) is 24.2 Å². The molecule has 1 atom stereocenters. The highest BCUT2D eigenvalue weighted by Crippen LogP contribution is 2.24. The highest BCUT2D eigenvalue weighted by atomic mass is 16.5. The van der Waals surface area contributed by atoms with E-state index in [0.717, 1.165) is 28.1 Å². The molecule has 0 saturated heterocycles. The van der Waals surface area contributed by atoms with Crippen molar-refractivity contribution in [3.63, 3.8) is 0 Å². The van der Waals surface area contributed by atoms with E-state index in [2.05, 4.69) is 15.6 Å². The Balaban J connectivity index is 1.75. The molecule has 1 unspecified atom stereocenters. The van der Waals surface area contributed by atoms with Crippen LogP contribution >= 0.6 is 0 Å². The van der Waals surface area contributed by atoms with Gasteiger partial charge in [0.25, 0.3) is 5.91 Å². The second-order valence-corrected chi connectivity index (χ2v) is 7.06. The van der Waals surface area contributed by atoms with Gasteiger partial charge in [-0.05, 0) is 51.8 Å². The average Bonchev–Trinajstić information content (AvgIpc) is 3.19. The molecule has 3 rings (SSSR count). The highest BCUT2D eigenvalue weighted by Gasteiger charge is 2.23. The van der Waals surface area contributed by atoms with E-state index in [1.807, 2.05) is 52.9 Å². The van der Waals surface area contributed by atoms with Crippen LogP contribution in [0.15, 0.2) is 28.9 Å². The lowest BCUT2D eigenvalue weighted by Crippen LogP contribution is -2.28. The zero-order chi connectivity index (χ0) is 20.4. The van der Waals surface area contributed by atoms with Crippen molar-refractivity contribution in [2.45, 2.75) is 47.3 Å². The fraction of sp³-hybridized carbons (Fsp3) is 0.381. The molecule has 0 spiro atoms. The summed E-state index contributed by atoms with van der Waals surface area (Å²) < 4.78 is 13.0. The van der Waals surface area contributed by atoms with Crippen LogP contribution in [0.3, 0.4) is 0 Å². The number of amides is 1. The van der Waals surface area contributed by atoms with Crippen LogP contribution < -0.4 is 10.1 Å². The minimum atomic E-state index is -0.299. The van der Waals surface area contributed by atoms with Crippen molar-refractivity contribution in [1.82, 2.24) is 20.3 Å². The molecule has 1 aromatic carbocycles. The number of ether oxygens (including phenoxy) is 1. The zero-order valence-corrected chi connectivity index (χ0v) is 17.2. The first kappa shape index (κ1) is 19.7. The largest absolute Gasteiger partial charge is 0.488 e. The summed E-state index contributed by atoms with van der Waals surface area (Å²) in [6, 6.07) is 5.70. The van der Waals surface area contributed by atoms with Gasteiger partial charge in [-0.1, -0.05) is 17.3 Å². The molecule has 0 bridgehead atoms. The molecule has 0 saturated carbocycles. The number of aromatic nitrogens is 3. The fourth-order valence-corrected chi connectivity index (χ4v) is 3.05. The van der Waals surface area contributed by atoms with Crippen LogP contribution in [-0.2, 0) is 13.7 Å². The van der Waals surface area contributed by atoms with Crippen LogP contribution in [-0.4, -0.2) is 20.8 Å². The van der Waals surface area contributed by atoms with E-state index in [9.17, 15) is 4.79 Å². The molecule has 3 aromatic rings. The summed E-state index contributed by atoms with van der Waals surface area (Å²) >= 11 is 0. The van der Waals surface area contributed by atoms with Crippen LogP contribution in [0, 0.1) is 27.7 Å². The summed E-state index contributed by atoms with van der Waals surface area (Å²) in [7, 11) is 1.87. The molecule has 7 heteroatoms. The van der Waals surface area contributed by atoms with Gasteiger partial charge in [0.1, 0.15) is 18.1 Å². The second-order valence-electron chi connectivity index (χ2n) is 7.06. The molecule has 0 aliphatic heterocycles. The predicted molar refractivity (Wildman–Crippen MR) is 105 cm³/mol. The molecule has 1 N–H and O–H groups in total. The molecule has 1 amide bonds. The van der Waals surface area contributed by atoms with Gasteiger partial charge < -0.3 is 14.6 Å². The summed E-state index contributed by atoms with van der Waals surface area (Å²) in [6.07, 6.45) is 1.76. The first-order chi connectivity index (χ1) is 13.3. The van der Waals surface area contributed by atoms with E-state index < -0.39 is 0 Å². The number of benzene rings is 1. The first-order valence-corrected chi connectivity index (χ1v) is 9.23. The maximum Gasteiger partial charge on any atom is 0.274 e. The average molecular weight is 382 g/mol. The Morgan fingerprint density at radius 1 is 1.29 bits per heavy atom. The third-order valence-electron chi connectivity index (χ3n) is 5.21. The normalized spacial score (nSPS) is 12.1. The molecule has 2 aromatic heterocycles. The van der Waals surface area contributed by atoms with Crippen molar-refractivity contribution in [2.75, 3.05) is 0 Å². The summed E-state index contributed by atoms with van der Waals surface area (Å²) in [5, 5.41) is 11.2. The summed E-state index contributed by atoms with van der Waals surface area (Å²) in [5.41, 5.74) is 5.08. The van der Waals surface area contributed by atoms with Crippen molar-refractivity contribution in [3.8, 4) is 5.75 Å². The molecule has 0 aliphatic carbocycles. The highest BCUT2D eigenvalue weighted by molar-refractivity contribution is 5.94. The smallest absolute Gasteiger partial charge is 0.274 e. The molecule has 0 fully saturated rings. The number of carbonyl (C=O) groups excluding carboxylic acids is 1. The van der Waals surface area contributed by atoms with Crippen molar-refractivity contribution >= 4 is 5.91 Å². The van der Waals surface area contributed by atoms with E-state index >= 15 is 0 Å². The van der Waals surface area contributed by atoms with Crippen molar-refractivity contribution in [1.29, 1.82) is 0 Å². The zero-order valence-electron chi connectivity index (χ0n) is 17.2. The van der Waals surface area contributed by atoms with Gasteiger partial charge in [0.05, 0.1) is 17.8 Å². The minimum absolute atomic E-state index is 0.203. The van der Waals surface area contributed by atoms with Gasteiger partial charge in [-0.15, -0.1) is 0 Å². The molecule has 28 heavy (non-hydrogen) atoms. The van der Waals surface area contributed by atoms with E-state index in [4.69, 9.17) is 9.26 Å². The fourth-order valence-electron chi connectivity index (χ4n) is 3.05. The summed E-state index contributed by atoms with van der Waals surface area (Å²) in [6.45, 7) is 9.92. The molecule has 2 heterocycles.